The van der Waals surface area contributed by atoms with Gasteiger partial charge in [-0.25, -0.2) is 0 Å². The van der Waals surface area contributed by atoms with Gasteiger partial charge in [0.2, 0.25) is 0 Å². The third-order valence-electron chi connectivity index (χ3n) is 11.6. The summed E-state index contributed by atoms with van der Waals surface area (Å²) >= 11 is 1.73. The van der Waals surface area contributed by atoms with Crippen LogP contribution in [0.25, 0.3) is 76.5 Å². The van der Waals surface area contributed by atoms with Crippen molar-refractivity contribution >= 4 is 60.6 Å². The summed E-state index contributed by atoms with van der Waals surface area (Å²) in [5.74, 6) is -0.194. The van der Waals surface area contributed by atoms with Gasteiger partial charge in [-0.05, 0) is 99.7 Å². The number of carbonyl (C=O) groups is 1. The van der Waals surface area contributed by atoms with E-state index in [9.17, 15) is 0 Å². The summed E-state index contributed by atoms with van der Waals surface area (Å²) in [6, 6.07) is 63.3. The average molecular weight is 719 g/mol. The van der Waals surface area contributed by atoms with Crippen molar-refractivity contribution in [3.63, 3.8) is 0 Å². The minimum Gasteiger partial charge on any atom is -0.293 e. The monoisotopic (exact) mass is 718 g/mol. The second-order valence-corrected chi connectivity index (χ2v) is 15.7. The molecule has 9 aromatic carbocycles. The van der Waals surface area contributed by atoms with Gasteiger partial charge < -0.3 is 0 Å². The van der Waals surface area contributed by atoms with Crippen LogP contribution in [0, 0.1) is 0 Å². The zero-order valence-electron chi connectivity index (χ0n) is 30.0. The molecule has 1 aliphatic heterocycles. The van der Waals surface area contributed by atoms with E-state index >= 15 is 4.79 Å². The Morgan fingerprint density at radius 3 is 1.76 bits per heavy atom. The van der Waals surface area contributed by atoms with Gasteiger partial charge in [-0.3, -0.25) is 4.79 Å². The molecule has 2 heteroatoms. The lowest BCUT2D eigenvalue weighted by atomic mass is 9.78. The molecule has 0 spiro atoms. The highest BCUT2D eigenvalue weighted by Gasteiger charge is 2.33. The normalized spacial score (nSPS) is 15.2. The van der Waals surface area contributed by atoms with Crippen LogP contribution >= 0.6 is 11.8 Å². The smallest absolute Gasteiger partial charge is 0.171 e. The lowest BCUT2D eigenvalue weighted by Crippen LogP contribution is -2.21. The number of Topliss-reactive ketones (excluding diaryl/α,β-unsaturated/α-hetero) is 1. The van der Waals surface area contributed by atoms with E-state index in [-0.39, 0.29) is 11.7 Å². The first kappa shape index (κ1) is 32.0. The number of hydrogen-bond donors (Lipinski definition) is 0. The van der Waals surface area contributed by atoms with Gasteiger partial charge >= 0.3 is 0 Å². The van der Waals surface area contributed by atoms with Crippen LogP contribution in [0.2, 0.25) is 0 Å². The molecule has 9 aromatic rings. The van der Waals surface area contributed by atoms with Gasteiger partial charge in [-0.2, -0.15) is 0 Å². The summed E-state index contributed by atoms with van der Waals surface area (Å²) in [7, 11) is 0. The Kier molecular flexibility index (Phi) is 7.46. The van der Waals surface area contributed by atoms with Crippen LogP contribution in [0.4, 0.5) is 0 Å². The van der Waals surface area contributed by atoms with Crippen LogP contribution in [0.5, 0.6) is 0 Å². The van der Waals surface area contributed by atoms with Crippen molar-refractivity contribution in [1.29, 1.82) is 0 Å². The summed E-state index contributed by atoms with van der Waals surface area (Å²) < 4.78 is 0. The fourth-order valence-electron chi connectivity index (χ4n) is 9.03. The Bertz CT molecular complexity index is 3100. The molecule has 0 N–H and O–H groups in total. The third kappa shape index (κ3) is 5.21. The maximum atomic E-state index is 15.0. The molecule has 1 nitrogen and oxygen atoms in total. The van der Waals surface area contributed by atoms with E-state index in [0.717, 1.165) is 32.6 Å². The molecule has 0 aromatic heterocycles. The minimum absolute atomic E-state index is 0.195. The zero-order chi connectivity index (χ0) is 36.5. The first-order chi connectivity index (χ1) is 27.2. The first-order valence-electron chi connectivity index (χ1n) is 19.0. The highest BCUT2D eigenvalue weighted by Crippen LogP contribution is 2.49. The largest absolute Gasteiger partial charge is 0.293 e. The first-order valence-corrected chi connectivity index (χ1v) is 19.8. The molecule has 0 saturated heterocycles. The summed E-state index contributed by atoms with van der Waals surface area (Å²) in [5, 5.41) is 9.70. The molecule has 1 unspecified atom stereocenters. The second kappa shape index (κ2) is 12.8. The molecule has 1 atom stereocenters. The Labute approximate surface area is 324 Å². The molecule has 2 aliphatic rings. The predicted octanol–water partition coefficient (Wildman–Crippen LogP) is 14.1. The molecule has 1 heterocycles. The van der Waals surface area contributed by atoms with Crippen LogP contribution in [-0.2, 0) is 11.2 Å². The topological polar surface area (TPSA) is 17.1 Å². The number of thioether (sulfide) groups is 1. The molecule has 0 saturated carbocycles. The van der Waals surface area contributed by atoms with Gasteiger partial charge in [0.25, 0.3) is 0 Å². The van der Waals surface area contributed by atoms with Crippen LogP contribution < -0.4 is 0 Å². The number of rotatable bonds is 4. The third-order valence-corrected chi connectivity index (χ3v) is 12.8. The molecule has 0 bridgehead atoms. The Morgan fingerprint density at radius 2 is 1.05 bits per heavy atom. The molecule has 258 valence electrons. The summed E-state index contributed by atoms with van der Waals surface area (Å²) in [4.78, 5) is 17.3. The standard InChI is InChI=1S/C53H34OS/c54-53-47(52-42(34-13-5-2-6-14-34)25-27-44-40-18-10-8-16-36(40)20-23-46(44)52)28-30-50-48(53)32-38-31-37(21-29-49(38)55-50)51-41(33-11-3-1-4-12-33)24-26-43-39-17-9-7-15-35(39)19-22-45(43)51/h1-31,47H,32H2. The van der Waals surface area contributed by atoms with E-state index in [1.54, 1.807) is 11.8 Å². The highest BCUT2D eigenvalue weighted by molar-refractivity contribution is 8.03. The summed E-state index contributed by atoms with van der Waals surface area (Å²) in [6.45, 7) is 0. The molecular weight excluding hydrogens is 685 g/mol. The molecule has 1 aliphatic carbocycles. The van der Waals surface area contributed by atoms with Crippen molar-refractivity contribution in [3.05, 3.63) is 210 Å². The average Bonchev–Trinajstić information content (AvgIpc) is 3.25. The fourth-order valence-corrected chi connectivity index (χ4v) is 10.1. The minimum atomic E-state index is -0.389. The lowest BCUT2D eigenvalue weighted by molar-refractivity contribution is -0.116. The van der Waals surface area contributed by atoms with Gasteiger partial charge in [0.05, 0.1) is 5.92 Å². The Balaban J connectivity index is 1.04. The van der Waals surface area contributed by atoms with E-state index in [1.165, 1.54) is 70.4 Å². The van der Waals surface area contributed by atoms with E-state index < -0.39 is 0 Å². The van der Waals surface area contributed by atoms with Crippen molar-refractivity contribution in [3.8, 4) is 33.4 Å². The summed E-state index contributed by atoms with van der Waals surface area (Å²) in [6.07, 6.45) is 4.96. The van der Waals surface area contributed by atoms with E-state index in [1.807, 2.05) is 0 Å². The summed E-state index contributed by atoms with van der Waals surface area (Å²) in [5.41, 5.74) is 10.2. The number of carbonyl (C=O) groups excluding carboxylic acids is 1. The number of ketones is 1. The van der Waals surface area contributed by atoms with Gasteiger partial charge in [0.15, 0.2) is 5.78 Å². The number of fused-ring (bicyclic) bond motifs is 7. The fraction of sp³-hybridized carbons (Fsp3) is 0.0377. The lowest BCUT2D eigenvalue weighted by Gasteiger charge is -2.28. The second-order valence-electron chi connectivity index (χ2n) is 14.7. The molecule has 11 rings (SSSR count). The molecule has 0 radical (unpaired) electrons. The van der Waals surface area contributed by atoms with Gasteiger partial charge in [0, 0.05) is 21.8 Å². The van der Waals surface area contributed by atoms with Crippen LogP contribution in [0.15, 0.2) is 203 Å². The zero-order valence-corrected chi connectivity index (χ0v) is 30.8. The number of allylic oxidation sites excluding steroid dienone is 3. The van der Waals surface area contributed by atoms with Crippen LogP contribution in [-0.4, -0.2) is 5.78 Å². The number of benzene rings is 9. The van der Waals surface area contributed by atoms with Crippen molar-refractivity contribution in [2.75, 3.05) is 0 Å². The van der Waals surface area contributed by atoms with Crippen molar-refractivity contribution in [1.82, 2.24) is 0 Å². The number of hydrogen-bond acceptors (Lipinski definition) is 2. The van der Waals surface area contributed by atoms with Crippen molar-refractivity contribution in [2.45, 2.75) is 17.2 Å². The maximum Gasteiger partial charge on any atom is 0.171 e. The quantitative estimate of drug-likeness (QED) is 0.169. The van der Waals surface area contributed by atoms with E-state index in [2.05, 4.69) is 188 Å². The highest BCUT2D eigenvalue weighted by atomic mass is 32.2. The van der Waals surface area contributed by atoms with Gasteiger partial charge in [0.1, 0.15) is 0 Å². The van der Waals surface area contributed by atoms with Crippen molar-refractivity contribution < 1.29 is 4.79 Å². The molecule has 0 fully saturated rings. The van der Waals surface area contributed by atoms with E-state index in [4.69, 9.17) is 0 Å². The molecular formula is C53H34OS. The molecule has 0 amide bonds. The Hall–Kier alpha value is -6.48. The SMILES string of the molecule is O=C1C2=C(C=CC1c1c(-c3ccccc3)ccc3c1ccc1ccccc13)Sc1ccc(-c3c(-c4ccccc4)ccc4c3ccc3ccccc34)cc1C2. The van der Waals surface area contributed by atoms with Crippen LogP contribution in [0.3, 0.4) is 0 Å². The van der Waals surface area contributed by atoms with Crippen LogP contribution in [0.1, 0.15) is 17.0 Å². The predicted molar refractivity (Wildman–Crippen MR) is 233 cm³/mol. The van der Waals surface area contributed by atoms with Gasteiger partial charge in [-0.15, -0.1) is 0 Å². The molecule has 55 heavy (non-hydrogen) atoms. The Morgan fingerprint density at radius 1 is 0.473 bits per heavy atom. The maximum absolute atomic E-state index is 15.0. The van der Waals surface area contributed by atoms with Gasteiger partial charge in [-0.1, -0.05) is 188 Å². The van der Waals surface area contributed by atoms with Crippen molar-refractivity contribution in [2.24, 2.45) is 0 Å². The van der Waals surface area contributed by atoms with E-state index in [0.29, 0.717) is 6.42 Å².